The van der Waals surface area contributed by atoms with Gasteiger partial charge in [0.2, 0.25) is 0 Å². The topological polar surface area (TPSA) is 43.4 Å². The molecule has 0 aliphatic carbocycles. The van der Waals surface area contributed by atoms with Gasteiger partial charge in [-0.25, -0.2) is 4.79 Å². The number of ether oxygens (including phenoxy) is 1. The van der Waals surface area contributed by atoms with Crippen molar-refractivity contribution in [2.45, 2.75) is 6.92 Å². The van der Waals surface area contributed by atoms with Crippen LogP contribution >= 0.6 is 0 Å². The van der Waals surface area contributed by atoms with E-state index < -0.39 is 17.9 Å². The van der Waals surface area contributed by atoms with Gasteiger partial charge in [-0.15, -0.1) is 6.58 Å². The van der Waals surface area contributed by atoms with E-state index in [-0.39, 0.29) is 0 Å². The van der Waals surface area contributed by atoms with Gasteiger partial charge in [-0.1, -0.05) is 12.7 Å². The third-order valence-corrected chi connectivity index (χ3v) is 1.09. The molecule has 11 heavy (non-hydrogen) atoms. The molecule has 0 aromatic carbocycles. The fraction of sp³-hybridized carbons (Fsp3) is 0.250. The van der Waals surface area contributed by atoms with E-state index in [0.29, 0.717) is 0 Å². The minimum absolute atomic E-state index is 0.459. The lowest BCUT2D eigenvalue weighted by Crippen LogP contribution is -2.15. The first-order valence-electron chi connectivity index (χ1n) is 3.12. The maximum absolute atomic E-state index is 10.8. The molecule has 0 saturated heterocycles. The molecule has 1 unspecified atom stereocenters. The van der Waals surface area contributed by atoms with Crippen molar-refractivity contribution >= 4 is 11.9 Å². The average molecular weight is 154 g/mol. The summed E-state index contributed by atoms with van der Waals surface area (Å²) in [4.78, 5) is 21.2. The summed E-state index contributed by atoms with van der Waals surface area (Å²) in [7, 11) is 0. The van der Waals surface area contributed by atoms with Crippen molar-refractivity contribution in [3.63, 3.8) is 0 Å². The summed E-state index contributed by atoms with van der Waals surface area (Å²) in [6, 6.07) is 0. The molecule has 0 amide bonds. The van der Waals surface area contributed by atoms with Crippen LogP contribution in [0.3, 0.4) is 0 Å². The van der Waals surface area contributed by atoms with E-state index in [9.17, 15) is 9.59 Å². The Hall–Kier alpha value is -1.38. The molecule has 0 aliphatic heterocycles. The zero-order chi connectivity index (χ0) is 8.85. The van der Waals surface area contributed by atoms with E-state index in [0.717, 1.165) is 6.08 Å². The first-order valence-corrected chi connectivity index (χ1v) is 3.12. The summed E-state index contributed by atoms with van der Waals surface area (Å²) >= 11 is 0. The lowest BCUT2D eigenvalue weighted by Gasteiger charge is -2.02. The molecule has 0 spiro atoms. The summed E-state index contributed by atoms with van der Waals surface area (Å²) in [6.07, 6.45) is 2.34. The number of carbonyl (C=O) groups is 2. The van der Waals surface area contributed by atoms with Crippen LogP contribution in [0, 0.1) is 5.92 Å². The molecule has 0 N–H and O–H groups in total. The van der Waals surface area contributed by atoms with E-state index in [1.54, 1.807) is 6.92 Å². The second-order valence-electron chi connectivity index (χ2n) is 1.97. The van der Waals surface area contributed by atoms with Crippen LogP contribution in [0.25, 0.3) is 0 Å². The van der Waals surface area contributed by atoms with Crippen molar-refractivity contribution in [2.75, 3.05) is 0 Å². The van der Waals surface area contributed by atoms with Crippen LogP contribution in [0.15, 0.2) is 25.3 Å². The van der Waals surface area contributed by atoms with Crippen LogP contribution in [-0.2, 0) is 14.3 Å². The summed E-state index contributed by atoms with van der Waals surface area (Å²) in [5, 5.41) is 0. The number of hydrogen-bond acceptors (Lipinski definition) is 3. The second-order valence-corrected chi connectivity index (χ2v) is 1.97. The molecule has 3 heteroatoms. The summed E-state index contributed by atoms with van der Waals surface area (Å²) in [5.41, 5.74) is 0. The average Bonchev–Trinajstić information content (AvgIpc) is 2.02. The zero-order valence-electron chi connectivity index (χ0n) is 6.37. The minimum Gasteiger partial charge on any atom is -0.389 e. The lowest BCUT2D eigenvalue weighted by molar-refractivity contribution is -0.157. The molecule has 0 aromatic rings. The Bertz CT molecular complexity index is 194. The highest BCUT2D eigenvalue weighted by molar-refractivity contribution is 5.92. The van der Waals surface area contributed by atoms with Crippen LogP contribution in [0.4, 0.5) is 0 Å². The molecule has 60 valence electrons. The maximum atomic E-state index is 10.8. The first kappa shape index (κ1) is 9.62. The molecular formula is C8H10O3. The molecule has 0 aromatic heterocycles. The Morgan fingerprint density at radius 1 is 1.45 bits per heavy atom. The van der Waals surface area contributed by atoms with Crippen molar-refractivity contribution in [3.8, 4) is 0 Å². The lowest BCUT2D eigenvalue weighted by atomic mass is 10.2. The van der Waals surface area contributed by atoms with Gasteiger partial charge in [0, 0.05) is 6.08 Å². The standard InChI is InChI=1S/C8H10O3/c1-4-6(3)8(10)11-7(9)5-2/h4-6H,1-2H2,3H3. The quantitative estimate of drug-likeness (QED) is 0.264. The van der Waals surface area contributed by atoms with E-state index in [4.69, 9.17) is 0 Å². The zero-order valence-corrected chi connectivity index (χ0v) is 6.37. The highest BCUT2D eigenvalue weighted by Crippen LogP contribution is 1.98. The van der Waals surface area contributed by atoms with E-state index in [2.05, 4.69) is 17.9 Å². The Balaban J connectivity index is 3.96. The molecule has 0 heterocycles. The van der Waals surface area contributed by atoms with Crippen LogP contribution < -0.4 is 0 Å². The normalized spacial score (nSPS) is 11.4. The number of carbonyl (C=O) groups excluding carboxylic acids is 2. The third-order valence-electron chi connectivity index (χ3n) is 1.09. The van der Waals surface area contributed by atoms with Gasteiger partial charge in [0.15, 0.2) is 0 Å². The predicted molar refractivity (Wildman–Crippen MR) is 40.7 cm³/mol. The number of hydrogen-bond donors (Lipinski definition) is 0. The molecule has 0 aliphatic rings. The van der Waals surface area contributed by atoms with Crippen molar-refractivity contribution < 1.29 is 14.3 Å². The molecule has 1 atom stereocenters. The summed E-state index contributed by atoms with van der Waals surface area (Å²) in [6.45, 7) is 8.11. The van der Waals surface area contributed by atoms with Crippen molar-refractivity contribution in [1.29, 1.82) is 0 Å². The largest absolute Gasteiger partial charge is 0.389 e. The third kappa shape index (κ3) is 3.35. The van der Waals surface area contributed by atoms with Crippen molar-refractivity contribution in [1.82, 2.24) is 0 Å². The first-order chi connectivity index (χ1) is 5.11. The summed E-state index contributed by atoms with van der Waals surface area (Å²) < 4.78 is 4.29. The highest BCUT2D eigenvalue weighted by Gasteiger charge is 2.12. The SMILES string of the molecule is C=CC(=O)OC(=O)C(C)C=C. The summed E-state index contributed by atoms with van der Waals surface area (Å²) in [5.74, 6) is -1.80. The molecular weight excluding hydrogens is 144 g/mol. The van der Waals surface area contributed by atoms with E-state index in [1.807, 2.05) is 0 Å². The Morgan fingerprint density at radius 2 is 2.00 bits per heavy atom. The van der Waals surface area contributed by atoms with Crippen molar-refractivity contribution in [2.24, 2.45) is 5.92 Å². The van der Waals surface area contributed by atoms with E-state index >= 15 is 0 Å². The smallest absolute Gasteiger partial charge is 0.337 e. The molecule has 0 fully saturated rings. The molecule has 0 bridgehead atoms. The molecule has 0 saturated carbocycles. The molecule has 0 radical (unpaired) electrons. The Labute approximate surface area is 65.4 Å². The maximum Gasteiger partial charge on any atom is 0.337 e. The predicted octanol–water partition coefficient (Wildman–Crippen LogP) is 1.06. The number of rotatable bonds is 3. The van der Waals surface area contributed by atoms with Gasteiger partial charge in [0.05, 0.1) is 5.92 Å². The minimum atomic E-state index is -0.733. The van der Waals surface area contributed by atoms with Crippen molar-refractivity contribution in [3.05, 3.63) is 25.3 Å². The van der Waals surface area contributed by atoms with Crippen LogP contribution in [0.1, 0.15) is 6.92 Å². The highest BCUT2D eigenvalue weighted by atomic mass is 16.6. The molecule has 3 nitrogen and oxygen atoms in total. The fourth-order valence-electron chi connectivity index (χ4n) is 0.330. The van der Waals surface area contributed by atoms with Crippen LogP contribution in [-0.4, -0.2) is 11.9 Å². The Morgan fingerprint density at radius 3 is 2.36 bits per heavy atom. The van der Waals surface area contributed by atoms with Gasteiger partial charge in [0.25, 0.3) is 0 Å². The van der Waals surface area contributed by atoms with Gasteiger partial charge in [-0.2, -0.15) is 0 Å². The molecule has 0 rings (SSSR count). The van der Waals surface area contributed by atoms with Gasteiger partial charge in [0.1, 0.15) is 0 Å². The second kappa shape index (κ2) is 4.44. The van der Waals surface area contributed by atoms with Crippen LogP contribution in [0.2, 0.25) is 0 Å². The van der Waals surface area contributed by atoms with Gasteiger partial charge < -0.3 is 4.74 Å². The van der Waals surface area contributed by atoms with Gasteiger partial charge in [-0.3, -0.25) is 4.79 Å². The fourth-order valence-corrected chi connectivity index (χ4v) is 0.330. The Kier molecular flexibility index (Phi) is 3.88. The van der Waals surface area contributed by atoms with E-state index in [1.165, 1.54) is 6.08 Å². The number of esters is 2. The van der Waals surface area contributed by atoms with Crippen LogP contribution in [0.5, 0.6) is 0 Å². The van der Waals surface area contributed by atoms with Gasteiger partial charge in [-0.05, 0) is 6.92 Å². The monoisotopic (exact) mass is 154 g/mol. The van der Waals surface area contributed by atoms with Gasteiger partial charge >= 0.3 is 11.9 Å².